The number of amides is 1. The first-order valence-electron chi connectivity index (χ1n) is 15.1. The molecule has 52 heavy (non-hydrogen) atoms. The number of rotatable bonds is 14. The number of halogens is 13. The maximum Gasteiger partial charge on any atom is 0.460 e. The molecule has 2 rings (SSSR count). The number of alkyl carbamates (subject to hydrolysis) is 1. The molecule has 0 saturated carbocycles. The first kappa shape index (κ1) is 44.2. The molecule has 290 valence electrons. The van der Waals surface area contributed by atoms with Crippen LogP contribution in [0.1, 0.15) is 37.0 Å². The van der Waals surface area contributed by atoms with Gasteiger partial charge in [-0.2, -0.15) is 57.1 Å². The predicted molar refractivity (Wildman–Crippen MR) is 164 cm³/mol. The van der Waals surface area contributed by atoms with Crippen LogP contribution < -0.4 is 5.32 Å². The average Bonchev–Trinajstić information content (AvgIpc) is 3.01. The minimum atomic E-state index is -7.96. The van der Waals surface area contributed by atoms with Gasteiger partial charge in [0.1, 0.15) is 20.7 Å². The van der Waals surface area contributed by atoms with Gasteiger partial charge in [-0.3, -0.25) is 0 Å². The highest BCUT2D eigenvalue weighted by Gasteiger charge is 2.90. The first-order valence-corrected chi connectivity index (χ1v) is 18.6. The van der Waals surface area contributed by atoms with Crippen LogP contribution in [0.5, 0.6) is 0 Å². The number of ether oxygens (including phenoxy) is 2. The molecule has 0 radical (unpaired) electrons. The van der Waals surface area contributed by atoms with Gasteiger partial charge in [0.2, 0.25) is 0 Å². The number of nitrogens with one attached hydrogen (secondary N) is 1. The summed E-state index contributed by atoms with van der Waals surface area (Å²) in [6, 6.07) is 11.4. The molecule has 0 aliphatic heterocycles. The third kappa shape index (κ3) is 10.6. The molecule has 0 unspecified atom stereocenters. The third-order valence-electron chi connectivity index (χ3n) is 7.07. The lowest BCUT2D eigenvalue weighted by molar-refractivity contribution is -0.440. The summed E-state index contributed by atoms with van der Waals surface area (Å²) in [6.45, 7) is 8.58. The first-order chi connectivity index (χ1) is 23.4. The Hall–Kier alpha value is -3.95. The van der Waals surface area contributed by atoms with E-state index in [1.165, 1.54) is 0 Å². The van der Waals surface area contributed by atoms with Crippen molar-refractivity contribution >= 4 is 20.1 Å². The number of hydrogen-bond donors (Lipinski definition) is 1. The normalized spacial score (nSPS) is 14.2. The van der Waals surface area contributed by atoms with Gasteiger partial charge in [0.05, 0.1) is 0 Å². The van der Waals surface area contributed by atoms with Gasteiger partial charge in [-0.25, -0.2) is 9.59 Å². The van der Waals surface area contributed by atoms with E-state index < -0.39 is 87.0 Å². The van der Waals surface area contributed by atoms with Crippen molar-refractivity contribution in [1.29, 1.82) is 0 Å². The summed E-state index contributed by atoms with van der Waals surface area (Å²) in [6.07, 6.45) is -12.2. The molecule has 0 spiro atoms. The molecule has 0 fully saturated rings. The summed E-state index contributed by atoms with van der Waals surface area (Å²) in [4.78, 5) is 25.8. The summed E-state index contributed by atoms with van der Waals surface area (Å²) >= 11 is 0. The van der Waals surface area contributed by atoms with Gasteiger partial charge in [-0.15, -0.1) is 5.54 Å². The number of esters is 1. The molecule has 1 atom stereocenters. The Labute approximate surface area is 291 Å². The second kappa shape index (κ2) is 15.6. The van der Waals surface area contributed by atoms with Crippen molar-refractivity contribution in [2.24, 2.45) is 0 Å². The fourth-order valence-corrected chi connectivity index (χ4v) is 4.80. The third-order valence-corrected chi connectivity index (χ3v) is 7.95. The average molecular weight is 784 g/mol. The fraction of sp³-hybridized carbons (Fsp3) is 0.515. The summed E-state index contributed by atoms with van der Waals surface area (Å²) in [5.74, 6) is -35.1. The molecule has 19 heteroatoms. The molecule has 0 bridgehead atoms. The molecule has 0 saturated heterocycles. The highest BCUT2D eigenvalue weighted by molar-refractivity contribution is 6.83. The van der Waals surface area contributed by atoms with E-state index >= 15 is 0 Å². The Balaban J connectivity index is 2.11. The Morgan fingerprint density at radius 1 is 0.712 bits per heavy atom. The number of aryl methyl sites for hydroxylation is 1. The molecule has 0 aliphatic rings. The van der Waals surface area contributed by atoms with Crippen molar-refractivity contribution < 1.29 is 76.1 Å². The van der Waals surface area contributed by atoms with Gasteiger partial charge in [0.15, 0.2) is 5.60 Å². The van der Waals surface area contributed by atoms with Gasteiger partial charge < -0.3 is 14.8 Å². The van der Waals surface area contributed by atoms with Crippen LogP contribution in [0.25, 0.3) is 0 Å². The Bertz CT molecular complexity index is 1600. The SMILES string of the molecule is CC(C)(C#C[Si](C)(C)C)OC(=O)[C@H](Cc1ccccc1)NC(=O)OCc1ccc(CCC(F)(F)C(F)(F)C(F)(F)C(F)(F)C(F)(F)C(F)(F)F)cc1. The van der Waals surface area contributed by atoms with E-state index in [9.17, 15) is 66.7 Å². The summed E-state index contributed by atoms with van der Waals surface area (Å²) < 4.78 is 184. The van der Waals surface area contributed by atoms with Gasteiger partial charge in [0.25, 0.3) is 0 Å². The van der Waals surface area contributed by atoms with Crippen molar-refractivity contribution in [3.63, 3.8) is 0 Å². The highest BCUT2D eigenvalue weighted by Crippen LogP contribution is 2.60. The molecule has 0 aliphatic carbocycles. The molecule has 0 heterocycles. The zero-order valence-electron chi connectivity index (χ0n) is 28.1. The van der Waals surface area contributed by atoms with Crippen molar-refractivity contribution in [2.75, 3.05) is 0 Å². The van der Waals surface area contributed by atoms with E-state index in [-0.39, 0.29) is 17.5 Å². The van der Waals surface area contributed by atoms with Gasteiger partial charge in [0, 0.05) is 12.8 Å². The lowest BCUT2D eigenvalue weighted by atomic mass is 9.91. The van der Waals surface area contributed by atoms with Crippen LogP contribution in [-0.2, 0) is 33.7 Å². The molecule has 2 aromatic carbocycles. The van der Waals surface area contributed by atoms with Crippen LogP contribution in [0.4, 0.5) is 61.9 Å². The van der Waals surface area contributed by atoms with E-state index in [1.54, 1.807) is 44.2 Å². The molecule has 0 aromatic heterocycles. The second-order valence-electron chi connectivity index (χ2n) is 13.2. The topological polar surface area (TPSA) is 64.6 Å². The minimum Gasteiger partial charge on any atom is -0.445 e. The lowest BCUT2D eigenvalue weighted by Crippen LogP contribution is -2.70. The predicted octanol–water partition coefficient (Wildman–Crippen LogP) is 9.40. The maximum absolute atomic E-state index is 14.2. The largest absolute Gasteiger partial charge is 0.460 e. The maximum atomic E-state index is 14.2. The molecule has 5 nitrogen and oxygen atoms in total. The van der Waals surface area contributed by atoms with E-state index in [0.29, 0.717) is 5.56 Å². The fourth-order valence-electron chi connectivity index (χ4n) is 4.12. The second-order valence-corrected chi connectivity index (χ2v) is 18.0. The molecular formula is C33H34F13NO4Si. The van der Waals surface area contributed by atoms with Crippen molar-refractivity contribution in [1.82, 2.24) is 5.32 Å². The monoisotopic (exact) mass is 783 g/mol. The van der Waals surface area contributed by atoms with E-state index in [4.69, 9.17) is 9.47 Å². The van der Waals surface area contributed by atoms with Crippen LogP contribution in [0.15, 0.2) is 54.6 Å². The number of carbonyl (C=O) groups is 2. The Morgan fingerprint density at radius 3 is 1.71 bits per heavy atom. The Kier molecular flexibility index (Phi) is 13.2. The summed E-state index contributed by atoms with van der Waals surface area (Å²) in [5, 5.41) is 2.38. The highest BCUT2D eigenvalue weighted by atomic mass is 28.3. The minimum absolute atomic E-state index is 0.0149. The van der Waals surface area contributed by atoms with Crippen LogP contribution in [0.2, 0.25) is 19.6 Å². The van der Waals surface area contributed by atoms with Crippen LogP contribution in [0.3, 0.4) is 0 Å². The molecule has 1 N–H and O–H groups in total. The van der Waals surface area contributed by atoms with Crippen molar-refractivity contribution in [2.45, 2.75) is 107 Å². The zero-order chi connectivity index (χ0) is 40.2. The number of benzene rings is 2. The van der Waals surface area contributed by atoms with Gasteiger partial charge in [-0.05, 0) is 37.0 Å². The van der Waals surface area contributed by atoms with Crippen LogP contribution in [-0.4, -0.2) is 67.6 Å². The Morgan fingerprint density at radius 2 is 1.21 bits per heavy atom. The number of carbonyl (C=O) groups excluding carboxylic acids is 2. The summed E-state index contributed by atoms with van der Waals surface area (Å²) in [5.41, 5.74) is 2.35. The quantitative estimate of drug-likeness (QED) is 0.0899. The summed E-state index contributed by atoms with van der Waals surface area (Å²) in [7, 11) is -1.84. The zero-order valence-corrected chi connectivity index (χ0v) is 29.1. The number of alkyl halides is 13. The van der Waals surface area contributed by atoms with Crippen molar-refractivity contribution in [3.05, 3.63) is 71.3 Å². The van der Waals surface area contributed by atoms with E-state index in [0.717, 1.165) is 24.3 Å². The lowest BCUT2D eigenvalue weighted by Gasteiger charge is -2.39. The standard InChI is InChI=1S/C33H34F13NO4Si/c1-27(2,17-18-52(3,4)5)51-25(48)24(19-22-9-7-6-8-10-22)47-26(49)50-20-23-13-11-21(12-14-23)15-16-28(34,35)29(36,37)30(38,39)31(40,41)32(42,43)33(44,45)46/h6-14,24H,15-16,19-20H2,1-5H3,(H,47,49)/t24-/m0/s1. The number of hydrogen-bond acceptors (Lipinski definition) is 4. The van der Waals surface area contributed by atoms with Crippen molar-refractivity contribution in [3.8, 4) is 11.5 Å². The molecular weight excluding hydrogens is 749 g/mol. The molecule has 1 amide bonds. The van der Waals surface area contributed by atoms with E-state index in [1.807, 2.05) is 19.6 Å². The van der Waals surface area contributed by atoms with Gasteiger partial charge >= 0.3 is 47.9 Å². The smallest absolute Gasteiger partial charge is 0.445 e. The van der Waals surface area contributed by atoms with Crippen LogP contribution in [0, 0.1) is 11.5 Å². The van der Waals surface area contributed by atoms with E-state index in [2.05, 4.69) is 16.8 Å². The van der Waals surface area contributed by atoms with Gasteiger partial charge in [-0.1, -0.05) is 80.2 Å². The molecule has 2 aromatic rings. The van der Waals surface area contributed by atoms with Crippen LogP contribution >= 0.6 is 0 Å².